The van der Waals surface area contributed by atoms with Crippen LogP contribution in [0.2, 0.25) is 5.02 Å². The van der Waals surface area contributed by atoms with Gasteiger partial charge >= 0.3 is 0 Å². The molecule has 1 aromatic carbocycles. The summed E-state index contributed by atoms with van der Waals surface area (Å²) in [6.45, 7) is 0.103. The largest absolute Gasteiger partial charge is 0.240 e. The number of sulfonamides is 1. The SMILES string of the molecule is N#CCCNS(=O)(=O)c1cccc(Cl)c1. The van der Waals surface area contributed by atoms with E-state index in [0.717, 1.165) is 0 Å². The molecule has 4 nitrogen and oxygen atoms in total. The van der Waals surface area contributed by atoms with Gasteiger partial charge in [0.1, 0.15) is 0 Å². The lowest BCUT2D eigenvalue weighted by Gasteiger charge is -2.04. The molecule has 0 fully saturated rings. The second kappa shape index (κ2) is 5.12. The average Bonchev–Trinajstić information content (AvgIpc) is 2.18. The van der Waals surface area contributed by atoms with E-state index < -0.39 is 10.0 Å². The first kappa shape index (κ1) is 12.0. The molecule has 0 aliphatic carbocycles. The van der Waals surface area contributed by atoms with Crippen LogP contribution in [0.4, 0.5) is 0 Å². The highest BCUT2D eigenvalue weighted by atomic mass is 35.5. The highest BCUT2D eigenvalue weighted by Crippen LogP contribution is 2.14. The van der Waals surface area contributed by atoms with Gasteiger partial charge in [-0.05, 0) is 18.2 Å². The van der Waals surface area contributed by atoms with E-state index in [1.807, 2.05) is 6.07 Å². The molecule has 0 saturated heterocycles. The van der Waals surface area contributed by atoms with Gasteiger partial charge in [-0.2, -0.15) is 5.26 Å². The van der Waals surface area contributed by atoms with Crippen molar-refractivity contribution in [3.63, 3.8) is 0 Å². The van der Waals surface area contributed by atoms with Crippen LogP contribution in [-0.4, -0.2) is 15.0 Å². The Morgan fingerprint density at radius 1 is 1.47 bits per heavy atom. The van der Waals surface area contributed by atoms with E-state index in [1.165, 1.54) is 12.1 Å². The minimum atomic E-state index is -3.54. The summed E-state index contributed by atoms with van der Waals surface area (Å²) >= 11 is 5.67. The highest BCUT2D eigenvalue weighted by molar-refractivity contribution is 7.89. The lowest BCUT2D eigenvalue weighted by atomic mass is 10.4. The van der Waals surface area contributed by atoms with Gasteiger partial charge in [-0.3, -0.25) is 0 Å². The fourth-order valence-electron chi connectivity index (χ4n) is 0.959. The van der Waals surface area contributed by atoms with Crippen LogP contribution in [-0.2, 0) is 10.0 Å². The van der Waals surface area contributed by atoms with Crippen LogP contribution < -0.4 is 4.72 Å². The molecule has 0 atom stereocenters. The molecule has 1 aromatic rings. The molecule has 0 amide bonds. The summed E-state index contributed by atoms with van der Waals surface area (Å²) in [5.41, 5.74) is 0. The van der Waals surface area contributed by atoms with Crippen molar-refractivity contribution < 1.29 is 8.42 Å². The van der Waals surface area contributed by atoms with Crippen molar-refractivity contribution in [1.29, 1.82) is 5.26 Å². The number of halogens is 1. The van der Waals surface area contributed by atoms with E-state index >= 15 is 0 Å². The van der Waals surface area contributed by atoms with Gasteiger partial charge in [-0.25, -0.2) is 13.1 Å². The zero-order valence-electron chi connectivity index (χ0n) is 7.77. The predicted molar refractivity (Wildman–Crippen MR) is 56.9 cm³/mol. The number of nitrogens with zero attached hydrogens (tertiary/aromatic N) is 1. The molecule has 0 spiro atoms. The normalized spacial score (nSPS) is 10.9. The van der Waals surface area contributed by atoms with E-state index in [4.69, 9.17) is 16.9 Å². The minimum absolute atomic E-state index is 0.103. The summed E-state index contributed by atoms with van der Waals surface area (Å²) in [6, 6.07) is 7.80. The third-order valence-corrected chi connectivity index (χ3v) is 3.33. The van der Waals surface area contributed by atoms with Gasteiger partial charge in [-0.1, -0.05) is 17.7 Å². The van der Waals surface area contributed by atoms with Crippen molar-refractivity contribution in [2.24, 2.45) is 0 Å². The number of hydrogen-bond donors (Lipinski definition) is 1. The van der Waals surface area contributed by atoms with Gasteiger partial charge in [0.15, 0.2) is 0 Å². The van der Waals surface area contributed by atoms with Gasteiger partial charge in [0.05, 0.1) is 11.0 Å². The van der Waals surface area contributed by atoms with Crippen LogP contribution in [0.1, 0.15) is 6.42 Å². The second-order valence-corrected chi connectivity index (χ2v) is 4.97. The molecular formula is C9H9ClN2O2S. The molecule has 0 radical (unpaired) electrons. The van der Waals surface area contributed by atoms with Gasteiger partial charge in [0, 0.05) is 18.0 Å². The molecule has 1 N–H and O–H groups in total. The maximum atomic E-state index is 11.6. The molecule has 0 aliphatic rings. The number of rotatable bonds is 4. The molecule has 15 heavy (non-hydrogen) atoms. The van der Waals surface area contributed by atoms with E-state index in [1.54, 1.807) is 12.1 Å². The average molecular weight is 245 g/mol. The van der Waals surface area contributed by atoms with Crippen LogP contribution in [0.15, 0.2) is 29.2 Å². The minimum Gasteiger partial charge on any atom is -0.210 e. The van der Waals surface area contributed by atoms with Crippen molar-refractivity contribution in [3.8, 4) is 6.07 Å². The molecule has 0 heterocycles. The number of hydrogen-bond acceptors (Lipinski definition) is 3. The smallest absolute Gasteiger partial charge is 0.210 e. The second-order valence-electron chi connectivity index (χ2n) is 2.76. The third-order valence-electron chi connectivity index (χ3n) is 1.64. The van der Waals surface area contributed by atoms with Gasteiger partial charge in [-0.15, -0.1) is 0 Å². The maximum Gasteiger partial charge on any atom is 0.240 e. The first-order valence-electron chi connectivity index (χ1n) is 4.18. The monoisotopic (exact) mass is 244 g/mol. The molecule has 0 saturated carbocycles. The van der Waals surface area contributed by atoms with Gasteiger partial charge in [0.25, 0.3) is 0 Å². The van der Waals surface area contributed by atoms with Crippen molar-refractivity contribution in [1.82, 2.24) is 4.72 Å². The van der Waals surface area contributed by atoms with Crippen LogP contribution in [0.25, 0.3) is 0 Å². The number of benzene rings is 1. The van der Waals surface area contributed by atoms with Crippen LogP contribution in [0.3, 0.4) is 0 Å². The first-order valence-corrected chi connectivity index (χ1v) is 6.04. The van der Waals surface area contributed by atoms with Crippen LogP contribution in [0.5, 0.6) is 0 Å². The highest BCUT2D eigenvalue weighted by Gasteiger charge is 2.12. The van der Waals surface area contributed by atoms with Crippen molar-refractivity contribution in [2.75, 3.05) is 6.54 Å². The zero-order valence-corrected chi connectivity index (χ0v) is 9.35. The molecule has 6 heteroatoms. The summed E-state index contributed by atoms with van der Waals surface area (Å²) < 4.78 is 25.5. The van der Waals surface area contributed by atoms with Crippen LogP contribution >= 0.6 is 11.6 Å². The fourth-order valence-corrected chi connectivity index (χ4v) is 2.29. The van der Waals surface area contributed by atoms with E-state index in [2.05, 4.69) is 4.72 Å². The Morgan fingerprint density at radius 3 is 2.80 bits per heavy atom. The quantitative estimate of drug-likeness (QED) is 0.817. The van der Waals surface area contributed by atoms with Crippen molar-refractivity contribution in [3.05, 3.63) is 29.3 Å². The Balaban J connectivity index is 2.83. The Hall–Kier alpha value is -1.09. The molecule has 0 aromatic heterocycles. The molecule has 0 bridgehead atoms. The molecule has 80 valence electrons. The molecule has 0 unspecified atom stereocenters. The van der Waals surface area contributed by atoms with Gasteiger partial charge in [0.2, 0.25) is 10.0 Å². The first-order chi connectivity index (χ1) is 7.06. The third kappa shape index (κ3) is 3.51. The lowest BCUT2D eigenvalue weighted by Crippen LogP contribution is -2.24. The molecular weight excluding hydrogens is 236 g/mol. The number of nitrogens with one attached hydrogen (secondary N) is 1. The zero-order chi connectivity index (χ0) is 11.3. The lowest BCUT2D eigenvalue weighted by molar-refractivity contribution is 0.582. The Bertz CT molecular complexity index is 479. The summed E-state index contributed by atoms with van der Waals surface area (Å²) in [4.78, 5) is 0.105. The van der Waals surface area contributed by atoms with Gasteiger partial charge < -0.3 is 0 Å². The number of nitriles is 1. The summed E-state index contributed by atoms with van der Waals surface area (Å²) in [7, 11) is -3.54. The Labute approximate surface area is 93.5 Å². The van der Waals surface area contributed by atoms with E-state index in [9.17, 15) is 8.42 Å². The standard InChI is InChI=1S/C9H9ClN2O2S/c10-8-3-1-4-9(7-8)15(13,14)12-6-2-5-11/h1,3-4,7,12H,2,6H2. The fraction of sp³-hybridized carbons (Fsp3) is 0.222. The van der Waals surface area contributed by atoms with Crippen molar-refractivity contribution >= 4 is 21.6 Å². The maximum absolute atomic E-state index is 11.6. The summed E-state index contributed by atoms with van der Waals surface area (Å²) in [5.74, 6) is 0. The van der Waals surface area contributed by atoms with E-state index in [0.29, 0.717) is 5.02 Å². The van der Waals surface area contributed by atoms with E-state index in [-0.39, 0.29) is 17.9 Å². The van der Waals surface area contributed by atoms with Crippen molar-refractivity contribution in [2.45, 2.75) is 11.3 Å². The summed E-state index contributed by atoms with van der Waals surface area (Å²) in [5, 5.41) is 8.63. The predicted octanol–water partition coefficient (Wildman–Crippen LogP) is 1.53. The molecule has 0 aliphatic heterocycles. The summed E-state index contributed by atoms with van der Waals surface area (Å²) in [6.07, 6.45) is 0.139. The Kier molecular flexibility index (Phi) is 4.09. The Morgan fingerprint density at radius 2 is 2.20 bits per heavy atom. The molecule has 1 rings (SSSR count). The topological polar surface area (TPSA) is 70.0 Å². The van der Waals surface area contributed by atoms with Crippen LogP contribution in [0, 0.1) is 11.3 Å².